The number of hydrogen-bond donors (Lipinski definition) is 6. The topological polar surface area (TPSA) is 156 Å². The van der Waals surface area contributed by atoms with E-state index in [0.717, 1.165) is 14.7 Å². The highest BCUT2D eigenvalue weighted by Gasteiger charge is 2.13. The van der Waals surface area contributed by atoms with Gasteiger partial charge in [0.05, 0.1) is 0 Å². The van der Waals surface area contributed by atoms with Crippen LogP contribution in [0.3, 0.4) is 0 Å². The maximum absolute atomic E-state index is 9.19. The van der Waals surface area contributed by atoms with E-state index in [2.05, 4.69) is 16.6 Å². The van der Waals surface area contributed by atoms with Gasteiger partial charge in [0.2, 0.25) is 5.96 Å². The molecular formula is C11H23N5O6. The fourth-order valence-corrected chi connectivity index (χ4v) is 1.20. The third kappa shape index (κ3) is 5.93. The molecule has 128 valence electrons. The molecule has 0 aliphatic heterocycles. The first kappa shape index (κ1) is 20.2. The van der Waals surface area contributed by atoms with Crippen molar-refractivity contribution >= 4 is 11.8 Å². The largest absolute Gasteiger partial charge is 0.376 e. The van der Waals surface area contributed by atoms with Crippen LogP contribution in [0.2, 0.25) is 0 Å². The molecule has 0 aromatic heterocycles. The molecule has 0 heterocycles. The predicted octanol–water partition coefficient (Wildman–Crippen LogP) is -3.16. The molecule has 0 unspecified atom stereocenters. The Balaban J connectivity index is 5.55. The van der Waals surface area contributed by atoms with Gasteiger partial charge in [-0.05, 0) is 6.92 Å². The van der Waals surface area contributed by atoms with Gasteiger partial charge in [0, 0.05) is 0 Å². The second-order valence-corrected chi connectivity index (χ2v) is 3.96. The van der Waals surface area contributed by atoms with Crippen molar-refractivity contribution in [3.8, 4) is 0 Å². The van der Waals surface area contributed by atoms with E-state index in [9.17, 15) is 10.2 Å². The van der Waals surface area contributed by atoms with Crippen molar-refractivity contribution in [2.75, 3.05) is 40.4 Å². The summed E-state index contributed by atoms with van der Waals surface area (Å²) in [4.78, 5) is 10.9. The molecule has 0 aliphatic carbocycles. The van der Waals surface area contributed by atoms with Gasteiger partial charge >= 0.3 is 0 Å². The Morgan fingerprint density at radius 3 is 1.50 bits per heavy atom. The zero-order chi connectivity index (χ0) is 17.1. The van der Waals surface area contributed by atoms with Crippen LogP contribution in [0.5, 0.6) is 0 Å². The Hall–Kier alpha value is -1.76. The lowest BCUT2D eigenvalue weighted by Gasteiger charge is -2.24. The van der Waals surface area contributed by atoms with Gasteiger partial charge in [-0.1, -0.05) is 6.58 Å². The number of aliphatic hydroxyl groups is 6. The summed E-state index contributed by atoms with van der Waals surface area (Å²) in [5, 5.41) is 54.5. The Morgan fingerprint density at radius 2 is 1.14 bits per heavy atom. The fourth-order valence-electron chi connectivity index (χ4n) is 1.20. The number of nitrogens with zero attached hydrogens (tertiary/aromatic N) is 5. The highest BCUT2D eigenvalue weighted by molar-refractivity contribution is 5.95. The molecule has 0 spiro atoms. The Labute approximate surface area is 128 Å². The van der Waals surface area contributed by atoms with Crippen LogP contribution < -0.4 is 0 Å². The zero-order valence-corrected chi connectivity index (χ0v) is 12.4. The predicted molar refractivity (Wildman–Crippen MR) is 77.7 cm³/mol. The van der Waals surface area contributed by atoms with E-state index < -0.39 is 40.4 Å². The number of hydrogen-bond acceptors (Lipinski definition) is 8. The molecule has 0 saturated carbocycles. The first-order valence-electron chi connectivity index (χ1n) is 6.21. The maximum atomic E-state index is 9.19. The van der Waals surface area contributed by atoms with Crippen molar-refractivity contribution in [3.05, 3.63) is 12.4 Å². The van der Waals surface area contributed by atoms with E-state index in [1.54, 1.807) is 0 Å². The van der Waals surface area contributed by atoms with E-state index in [-0.39, 0.29) is 17.6 Å². The van der Waals surface area contributed by atoms with Gasteiger partial charge in [-0.2, -0.15) is 9.98 Å². The van der Waals surface area contributed by atoms with Gasteiger partial charge in [0.1, 0.15) is 52.0 Å². The lowest BCUT2D eigenvalue weighted by atomic mass is 10.5. The second kappa shape index (κ2) is 10.9. The van der Waals surface area contributed by atoms with Crippen LogP contribution in [-0.2, 0) is 0 Å². The van der Waals surface area contributed by atoms with Crippen molar-refractivity contribution < 1.29 is 30.6 Å². The number of aliphatic imine (C=N–C) groups is 2. The van der Waals surface area contributed by atoms with E-state index in [1.165, 1.54) is 6.92 Å². The smallest absolute Gasteiger partial charge is 0.232 e. The third-order valence-corrected chi connectivity index (χ3v) is 2.62. The van der Waals surface area contributed by atoms with Crippen LogP contribution in [-0.4, -0.2) is 97.5 Å². The van der Waals surface area contributed by atoms with Gasteiger partial charge in [0.15, 0.2) is 0 Å². The second-order valence-electron chi connectivity index (χ2n) is 3.96. The number of rotatable bonds is 8. The van der Waals surface area contributed by atoms with Crippen molar-refractivity contribution in [1.29, 1.82) is 0 Å². The van der Waals surface area contributed by atoms with Gasteiger partial charge < -0.3 is 40.4 Å². The lowest BCUT2D eigenvalue weighted by Crippen LogP contribution is -2.37. The minimum atomic E-state index is -0.615. The molecule has 0 saturated heterocycles. The zero-order valence-electron chi connectivity index (χ0n) is 12.4. The van der Waals surface area contributed by atoms with Crippen molar-refractivity contribution in [3.63, 3.8) is 0 Å². The third-order valence-electron chi connectivity index (χ3n) is 2.62. The number of amidine groups is 1. The summed E-state index contributed by atoms with van der Waals surface area (Å²) in [6.45, 7) is 1.66. The summed E-state index contributed by atoms with van der Waals surface area (Å²) in [6.07, 6.45) is 0. The highest BCUT2D eigenvalue weighted by atomic mass is 16.3. The van der Waals surface area contributed by atoms with Crippen LogP contribution in [0.15, 0.2) is 22.4 Å². The molecular weight excluding hydrogens is 298 g/mol. The highest BCUT2D eigenvalue weighted by Crippen LogP contribution is 2.05. The molecule has 0 bridgehead atoms. The normalized spacial score (nSPS) is 12.3. The molecule has 0 amide bonds. The molecule has 0 aromatic carbocycles. The molecule has 11 nitrogen and oxygen atoms in total. The molecule has 6 N–H and O–H groups in total. The van der Waals surface area contributed by atoms with Gasteiger partial charge in [-0.15, -0.1) is 0 Å². The van der Waals surface area contributed by atoms with Crippen LogP contribution in [0.1, 0.15) is 6.92 Å². The lowest BCUT2D eigenvalue weighted by molar-refractivity contribution is 0.0561. The molecule has 0 radical (unpaired) electrons. The number of guanidine groups is 1. The molecule has 0 fully saturated rings. The average molecular weight is 321 g/mol. The van der Waals surface area contributed by atoms with Crippen LogP contribution >= 0.6 is 0 Å². The van der Waals surface area contributed by atoms with E-state index in [0.29, 0.717) is 0 Å². The Kier molecular flexibility index (Phi) is 10.0. The molecule has 0 atom stereocenters. The minimum absolute atomic E-state index is 0.0667. The summed E-state index contributed by atoms with van der Waals surface area (Å²) in [5.74, 6) is -0.0997. The maximum Gasteiger partial charge on any atom is 0.232 e. The van der Waals surface area contributed by atoms with Crippen molar-refractivity contribution in [2.45, 2.75) is 6.92 Å². The SMILES string of the molecule is C=C(N=C(N=C(C)N(CO)CO)N(CO)CO)N(CO)CO. The van der Waals surface area contributed by atoms with E-state index in [1.807, 2.05) is 0 Å². The van der Waals surface area contributed by atoms with Crippen LogP contribution in [0.4, 0.5) is 0 Å². The van der Waals surface area contributed by atoms with Gasteiger partial charge in [-0.3, -0.25) is 4.90 Å². The monoisotopic (exact) mass is 321 g/mol. The first-order chi connectivity index (χ1) is 10.5. The fraction of sp³-hybridized carbons (Fsp3) is 0.636. The molecule has 11 heteroatoms. The van der Waals surface area contributed by atoms with Crippen molar-refractivity contribution in [1.82, 2.24) is 14.7 Å². The van der Waals surface area contributed by atoms with Crippen molar-refractivity contribution in [2.24, 2.45) is 9.98 Å². The summed E-state index contributed by atoms with van der Waals surface area (Å²) < 4.78 is 0. The van der Waals surface area contributed by atoms with E-state index in [4.69, 9.17) is 20.4 Å². The molecule has 22 heavy (non-hydrogen) atoms. The Morgan fingerprint density at radius 1 is 0.727 bits per heavy atom. The molecule has 0 aromatic rings. The number of aliphatic hydroxyl groups excluding tert-OH is 6. The van der Waals surface area contributed by atoms with E-state index >= 15 is 0 Å². The Bertz CT molecular complexity index is 390. The van der Waals surface area contributed by atoms with Crippen LogP contribution in [0, 0.1) is 0 Å². The standard InChI is InChI=1S/C11H23N5O6/c1-9(14(3-17)4-18)12-11(16(7-21)8-22)13-10(2)15(5-19)6-20/h17-22H,1,3-8H2,2H3. The molecule has 0 rings (SSSR count). The summed E-state index contributed by atoms with van der Waals surface area (Å²) in [5.41, 5.74) is 0. The van der Waals surface area contributed by atoms with Gasteiger partial charge in [-0.25, -0.2) is 0 Å². The quantitative estimate of drug-likeness (QED) is 0.154. The minimum Gasteiger partial charge on any atom is -0.376 e. The average Bonchev–Trinajstić information content (AvgIpc) is 2.50. The van der Waals surface area contributed by atoms with Crippen LogP contribution in [0.25, 0.3) is 0 Å². The van der Waals surface area contributed by atoms with Gasteiger partial charge in [0.25, 0.3) is 0 Å². The summed E-state index contributed by atoms with van der Waals surface area (Å²) >= 11 is 0. The summed E-state index contributed by atoms with van der Waals surface area (Å²) in [7, 11) is 0. The molecule has 0 aliphatic rings. The first-order valence-corrected chi connectivity index (χ1v) is 6.21. The summed E-state index contributed by atoms with van der Waals surface area (Å²) in [6, 6.07) is 0.